The van der Waals surface area contributed by atoms with Gasteiger partial charge < -0.3 is 9.84 Å². The molecule has 0 aromatic carbocycles. The Hall–Kier alpha value is -0.570. The lowest BCUT2D eigenvalue weighted by Crippen LogP contribution is -2.14. The maximum absolute atomic E-state index is 9.60. The lowest BCUT2D eigenvalue weighted by Gasteiger charge is -2.06. The number of hydrogen-bond acceptors (Lipinski definition) is 3. The molecule has 0 unspecified atom stereocenters. The Bertz CT molecular complexity index is 58.7. The number of carbonyl (C=O) groups is 1. The van der Waals surface area contributed by atoms with Crippen molar-refractivity contribution in [3.05, 3.63) is 0 Å². The van der Waals surface area contributed by atoms with Gasteiger partial charge in [0.2, 0.25) is 0 Å². The fourth-order valence-electron chi connectivity index (χ4n) is 0.347. The summed E-state index contributed by atoms with van der Waals surface area (Å²) in [5.74, 6) is 0. The lowest BCUT2D eigenvalue weighted by atomic mass is 10.3. The monoisotopic (exact) mass is 118 g/mol. The smallest absolute Gasteiger partial charge is 0.293 e. The van der Waals surface area contributed by atoms with E-state index in [4.69, 9.17) is 5.11 Å². The zero-order chi connectivity index (χ0) is 6.41. The van der Waals surface area contributed by atoms with Gasteiger partial charge in [0, 0.05) is 0 Å². The first kappa shape index (κ1) is 7.43. The second-order valence-corrected chi connectivity index (χ2v) is 1.45. The van der Waals surface area contributed by atoms with Gasteiger partial charge in [-0.15, -0.1) is 0 Å². The Morgan fingerprint density at radius 3 is 2.62 bits per heavy atom. The minimum absolute atomic E-state index is 0.0881. The SMILES string of the molecule is CC[C@H](CO)OC=O. The van der Waals surface area contributed by atoms with E-state index < -0.39 is 0 Å². The van der Waals surface area contributed by atoms with Gasteiger partial charge in [0.15, 0.2) is 0 Å². The molecule has 3 heteroatoms. The van der Waals surface area contributed by atoms with Crippen LogP contribution in [0.4, 0.5) is 0 Å². The molecule has 0 rings (SSSR count). The van der Waals surface area contributed by atoms with Crippen LogP contribution in [0.15, 0.2) is 0 Å². The van der Waals surface area contributed by atoms with Crippen molar-refractivity contribution in [2.45, 2.75) is 19.4 Å². The Kier molecular flexibility index (Phi) is 4.26. The van der Waals surface area contributed by atoms with Crippen molar-refractivity contribution in [3.63, 3.8) is 0 Å². The first-order valence-electron chi connectivity index (χ1n) is 2.55. The van der Waals surface area contributed by atoms with E-state index in [0.29, 0.717) is 12.9 Å². The molecule has 0 fully saturated rings. The topological polar surface area (TPSA) is 46.5 Å². The van der Waals surface area contributed by atoms with Crippen molar-refractivity contribution < 1.29 is 14.6 Å². The van der Waals surface area contributed by atoms with Crippen LogP contribution in [0.3, 0.4) is 0 Å². The molecular weight excluding hydrogens is 108 g/mol. The van der Waals surface area contributed by atoms with E-state index in [1.165, 1.54) is 0 Å². The molecule has 0 aliphatic heterocycles. The highest BCUT2D eigenvalue weighted by molar-refractivity contribution is 5.37. The first-order valence-corrected chi connectivity index (χ1v) is 2.55. The van der Waals surface area contributed by atoms with E-state index in [0.717, 1.165) is 0 Å². The van der Waals surface area contributed by atoms with E-state index >= 15 is 0 Å². The second kappa shape index (κ2) is 4.59. The summed E-state index contributed by atoms with van der Waals surface area (Å²) in [5, 5.41) is 8.37. The standard InChI is InChI=1S/C5H10O3/c1-2-5(3-6)8-4-7/h4-6H,2-3H2,1H3/t5-/m1/s1. The number of aliphatic hydroxyl groups is 1. The minimum Gasteiger partial charge on any atom is -0.462 e. The molecule has 0 saturated carbocycles. The summed E-state index contributed by atoms with van der Waals surface area (Å²) in [5.41, 5.74) is 0. The zero-order valence-corrected chi connectivity index (χ0v) is 4.83. The molecule has 0 aliphatic rings. The molecule has 0 aliphatic carbocycles. The highest BCUT2D eigenvalue weighted by atomic mass is 16.5. The summed E-state index contributed by atoms with van der Waals surface area (Å²) in [6.07, 6.45) is 0.349. The first-order chi connectivity index (χ1) is 3.85. The van der Waals surface area contributed by atoms with Crippen molar-refractivity contribution in [1.29, 1.82) is 0 Å². The number of aliphatic hydroxyl groups excluding tert-OH is 1. The van der Waals surface area contributed by atoms with Crippen molar-refractivity contribution >= 4 is 6.47 Å². The summed E-state index contributed by atoms with van der Waals surface area (Å²) < 4.78 is 4.41. The van der Waals surface area contributed by atoms with Crippen molar-refractivity contribution in [2.24, 2.45) is 0 Å². The molecule has 0 heterocycles. The van der Waals surface area contributed by atoms with Gasteiger partial charge in [-0.05, 0) is 6.42 Å². The molecule has 1 atom stereocenters. The molecule has 8 heavy (non-hydrogen) atoms. The van der Waals surface area contributed by atoms with Crippen LogP contribution < -0.4 is 0 Å². The number of ether oxygens (including phenoxy) is 1. The van der Waals surface area contributed by atoms with Crippen LogP contribution in [-0.4, -0.2) is 24.3 Å². The summed E-state index contributed by atoms with van der Waals surface area (Å²) in [6, 6.07) is 0. The van der Waals surface area contributed by atoms with Crippen LogP contribution in [0, 0.1) is 0 Å². The van der Waals surface area contributed by atoms with Crippen molar-refractivity contribution in [3.8, 4) is 0 Å². The summed E-state index contributed by atoms with van der Waals surface area (Å²) >= 11 is 0. The molecule has 0 radical (unpaired) electrons. The molecule has 0 aromatic heterocycles. The molecule has 48 valence electrons. The van der Waals surface area contributed by atoms with Crippen molar-refractivity contribution in [1.82, 2.24) is 0 Å². The predicted octanol–water partition coefficient (Wildman–Crippen LogP) is -0.0697. The van der Waals surface area contributed by atoms with Gasteiger partial charge in [-0.25, -0.2) is 0 Å². The predicted molar refractivity (Wildman–Crippen MR) is 28.3 cm³/mol. The Labute approximate surface area is 48.3 Å². The highest BCUT2D eigenvalue weighted by Gasteiger charge is 2.00. The van der Waals surface area contributed by atoms with Crippen LogP contribution >= 0.6 is 0 Å². The van der Waals surface area contributed by atoms with Crippen LogP contribution in [-0.2, 0) is 9.53 Å². The van der Waals surface area contributed by atoms with E-state index in [-0.39, 0.29) is 12.7 Å². The number of carbonyl (C=O) groups excluding carboxylic acids is 1. The molecule has 1 N–H and O–H groups in total. The summed E-state index contributed by atoms with van der Waals surface area (Å²) in [4.78, 5) is 9.60. The van der Waals surface area contributed by atoms with Gasteiger partial charge in [0.05, 0.1) is 6.61 Å². The third kappa shape index (κ3) is 2.58. The molecular formula is C5H10O3. The fraction of sp³-hybridized carbons (Fsp3) is 0.800. The largest absolute Gasteiger partial charge is 0.462 e. The third-order valence-electron chi connectivity index (χ3n) is 0.907. The maximum atomic E-state index is 9.60. The van der Waals surface area contributed by atoms with E-state index in [2.05, 4.69) is 4.74 Å². The van der Waals surface area contributed by atoms with Gasteiger partial charge in [-0.1, -0.05) is 6.92 Å². The Morgan fingerprint density at radius 1 is 1.88 bits per heavy atom. The quantitative estimate of drug-likeness (QED) is 0.525. The molecule has 3 nitrogen and oxygen atoms in total. The van der Waals surface area contributed by atoms with Gasteiger partial charge >= 0.3 is 0 Å². The Morgan fingerprint density at radius 2 is 2.50 bits per heavy atom. The van der Waals surface area contributed by atoms with E-state index in [9.17, 15) is 4.79 Å². The third-order valence-corrected chi connectivity index (χ3v) is 0.907. The number of hydrogen-bond donors (Lipinski definition) is 1. The lowest BCUT2D eigenvalue weighted by molar-refractivity contribution is -0.135. The number of rotatable bonds is 4. The summed E-state index contributed by atoms with van der Waals surface area (Å²) in [7, 11) is 0. The van der Waals surface area contributed by atoms with E-state index in [1.807, 2.05) is 6.92 Å². The van der Waals surface area contributed by atoms with Gasteiger partial charge in [-0.2, -0.15) is 0 Å². The molecule has 0 spiro atoms. The van der Waals surface area contributed by atoms with Crippen LogP contribution in [0.1, 0.15) is 13.3 Å². The maximum Gasteiger partial charge on any atom is 0.293 e. The normalized spacial score (nSPS) is 12.8. The van der Waals surface area contributed by atoms with Gasteiger partial charge in [0.1, 0.15) is 6.10 Å². The fourth-order valence-corrected chi connectivity index (χ4v) is 0.347. The van der Waals surface area contributed by atoms with E-state index in [1.54, 1.807) is 0 Å². The van der Waals surface area contributed by atoms with Crippen molar-refractivity contribution in [2.75, 3.05) is 6.61 Å². The molecule has 0 aromatic rings. The minimum atomic E-state index is -0.313. The average Bonchev–Trinajstić information content (AvgIpc) is 1.83. The Balaban J connectivity index is 3.20. The average molecular weight is 118 g/mol. The van der Waals surface area contributed by atoms with Crippen LogP contribution in [0.2, 0.25) is 0 Å². The van der Waals surface area contributed by atoms with Gasteiger partial charge in [-0.3, -0.25) is 4.79 Å². The van der Waals surface area contributed by atoms with Crippen LogP contribution in [0.5, 0.6) is 0 Å². The zero-order valence-electron chi connectivity index (χ0n) is 4.83. The second-order valence-electron chi connectivity index (χ2n) is 1.45. The summed E-state index contributed by atoms with van der Waals surface area (Å²) in [6.45, 7) is 2.10. The van der Waals surface area contributed by atoms with Gasteiger partial charge in [0.25, 0.3) is 6.47 Å². The molecule has 0 saturated heterocycles. The highest BCUT2D eigenvalue weighted by Crippen LogP contribution is 1.91. The van der Waals surface area contributed by atoms with Crippen LogP contribution in [0.25, 0.3) is 0 Å². The molecule has 0 bridgehead atoms. The molecule has 0 amide bonds.